The first-order valence-electron chi connectivity index (χ1n) is 8.67. The Morgan fingerprint density at radius 2 is 1.83 bits per heavy atom. The topological polar surface area (TPSA) is 98.5 Å². The summed E-state index contributed by atoms with van der Waals surface area (Å²) in [6.07, 6.45) is 6.60. The lowest BCUT2D eigenvalue weighted by atomic mass is 9.74. The molecular weight excluding hydrogens is 352 g/mol. The maximum absolute atomic E-state index is 13.0. The molecule has 2 fully saturated rings. The smallest absolute Gasteiger partial charge is 0.310 e. The van der Waals surface area contributed by atoms with Crippen LogP contribution in [0, 0.1) is 11.8 Å². The summed E-state index contributed by atoms with van der Waals surface area (Å²) in [5.74, 6) is -0.783. The van der Waals surface area contributed by atoms with Crippen LogP contribution in [0.4, 0.5) is 0 Å². The molecule has 2 rings (SSSR count). The first-order valence-corrected chi connectivity index (χ1v) is 10.2. The largest absolute Gasteiger partial charge is 0.469 e. The molecule has 0 saturated heterocycles. The first kappa shape index (κ1) is 21.7. The molecule has 2 aliphatic rings. The number of halogens is 1. The zero-order valence-electron chi connectivity index (χ0n) is 14.6. The molecule has 8 heteroatoms. The van der Waals surface area contributed by atoms with Gasteiger partial charge in [0, 0.05) is 12.1 Å². The van der Waals surface area contributed by atoms with Gasteiger partial charge in [-0.1, -0.05) is 32.6 Å². The van der Waals surface area contributed by atoms with E-state index < -0.39 is 32.7 Å². The Morgan fingerprint density at radius 1 is 1.21 bits per heavy atom. The number of nitrogens with two attached hydrogens (primary N) is 1. The minimum absolute atomic E-state index is 0. The van der Waals surface area contributed by atoms with E-state index in [9.17, 15) is 13.2 Å². The molecule has 0 aliphatic heterocycles. The van der Waals surface area contributed by atoms with Gasteiger partial charge in [-0.3, -0.25) is 4.79 Å². The predicted octanol–water partition coefficient (Wildman–Crippen LogP) is 1.97. The Morgan fingerprint density at radius 3 is 2.42 bits per heavy atom. The summed E-state index contributed by atoms with van der Waals surface area (Å²) in [6.45, 7) is 2.36. The van der Waals surface area contributed by atoms with Crippen LogP contribution in [0.1, 0.15) is 58.3 Å². The molecule has 24 heavy (non-hydrogen) atoms. The molecule has 0 spiro atoms. The number of hydrogen-bond acceptors (Lipinski definition) is 5. The van der Waals surface area contributed by atoms with Gasteiger partial charge in [-0.25, -0.2) is 13.1 Å². The van der Waals surface area contributed by atoms with Gasteiger partial charge < -0.3 is 10.5 Å². The molecule has 0 radical (unpaired) electrons. The summed E-state index contributed by atoms with van der Waals surface area (Å²) < 4.78 is 33.8. The van der Waals surface area contributed by atoms with Crippen molar-refractivity contribution >= 4 is 28.4 Å². The van der Waals surface area contributed by atoms with Crippen molar-refractivity contribution in [1.82, 2.24) is 4.72 Å². The number of esters is 1. The van der Waals surface area contributed by atoms with E-state index in [0.29, 0.717) is 19.4 Å². The summed E-state index contributed by atoms with van der Waals surface area (Å²) in [5, 5.41) is -0.707. The highest BCUT2D eigenvalue weighted by molar-refractivity contribution is 7.90. The van der Waals surface area contributed by atoms with Crippen LogP contribution in [-0.4, -0.2) is 38.8 Å². The Hall–Kier alpha value is -0.370. The Bertz CT molecular complexity index is 528. The number of carbonyl (C=O) groups excluding carboxylic acids is 1. The second kappa shape index (κ2) is 8.83. The van der Waals surface area contributed by atoms with Crippen LogP contribution in [0.15, 0.2) is 0 Å². The Balaban J connectivity index is 0.00000288. The number of hydrogen-bond donors (Lipinski definition) is 2. The summed E-state index contributed by atoms with van der Waals surface area (Å²) in [6, 6.07) is 0. The SMILES string of the molecule is COC(=O)C1CCCCC1S(=O)(=O)NC1(CN)CCCCC1C.Cl. The van der Waals surface area contributed by atoms with E-state index >= 15 is 0 Å². The van der Waals surface area contributed by atoms with Crippen LogP contribution in [-0.2, 0) is 19.6 Å². The van der Waals surface area contributed by atoms with Crippen LogP contribution < -0.4 is 10.5 Å². The van der Waals surface area contributed by atoms with Crippen LogP contribution in [0.25, 0.3) is 0 Å². The van der Waals surface area contributed by atoms with Crippen molar-refractivity contribution in [3.8, 4) is 0 Å². The lowest BCUT2D eigenvalue weighted by Gasteiger charge is -2.43. The van der Waals surface area contributed by atoms with Gasteiger partial charge in [-0.2, -0.15) is 0 Å². The second-order valence-electron chi connectivity index (χ2n) is 7.11. The fourth-order valence-corrected chi connectivity index (χ4v) is 6.42. The highest BCUT2D eigenvalue weighted by Gasteiger charge is 2.46. The molecule has 2 saturated carbocycles. The molecule has 0 aromatic rings. The minimum atomic E-state index is -3.62. The average molecular weight is 383 g/mol. The van der Waals surface area contributed by atoms with Crippen molar-refractivity contribution < 1.29 is 17.9 Å². The summed E-state index contributed by atoms with van der Waals surface area (Å²) in [7, 11) is -2.30. The molecule has 6 nitrogen and oxygen atoms in total. The highest BCUT2D eigenvalue weighted by atomic mass is 35.5. The molecule has 0 aromatic heterocycles. The molecule has 142 valence electrons. The lowest BCUT2D eigenvalue weighted by molar-refractivity contribution is -0.146. The van der Waals surface area contributed by atoms with Crippen molar-refractivity contribution in [3.63, 3.8) is 0 Å². The number of methoxy groups -OCH3 is 1. The van der Waals surface area contributed by atoms with Crippen molar-refractivity contribution in [1.29, 1.82) is 0 Å². The van der Waals surface area contributed by atoms with Crippen molar-refractivity contribution in [2.24, 2.45) is 17.6 Å². The Kier molecular flexibility index (Phi) is 7.97. The number of carbonyl (C=O) groups is 1. The zero-order chi connectivity index (χ0) is 17.1. The summed E-state index contributed by atoms with van der Waals surface area (Å²) >= 11 is 0. The lowest BCUT2D eigenvalue weighted by Crippen LogP contribution is -2.61. The molecule has 2 aliphatic carbocycles. The Labute approximate surface area is 151 Å². The first-order chi connectivity index (χ1) is 10.9. The molecule has 3 N–H and O–H groups in total. The van der Waals surface area contributed by atoms with E-state index in [-0.39, 0.29) is 18.3 Å². The fourth-order valence-electron chi connectivity index (χ4n) is 4.16. The number of nitrogens with one attached hydrogen (secondary N) is 1. The monoisotopic (exact) mass is 382 g/mol. The van der Waals surface area contributed by atoms with E-state index in [4.69, 9.17) is 10.5 Å². The second-order valence-corrected chi connectivity index (χ2v) is 9.01. The van der Waals surface area contributed by atoms with Gasteiger partial charge >= 0.3 is 5.97 Å². The van der Waals surface area contributed by atoms with Gasteiger partial charge in [0.2, 0.25) is 10.0 Å². The van der Waals surface area contributed by atoms with E-state index in [0.717, 1.165) is 38.5 Å². The summed E-state index contributed by atoms with van der Waals surface area (Å²) in [5.41, 5.74) is 5.39. The zero-order valence-corrected chi connectivity index (χ0v) is 16.3. The van der Waals surface area contributed by atoms with Gasteiger partial charge in [0.1, 0.15) is 0 Å². The number of ether oxygens (including phenoxy) is 1. The van der Waals surface area contributed by atoms with Crippen LogP contribution in [0.3, 0.4) is 0 Å². The van der Waals surface area contributed by atoms with Crippen molar-refractivity contribution in [2.45, 2.75) is 69.1 Å². The minimum Gasteiger partial charge on any atom is -0.469 e. The molecular formula is C16H31ClN2O4S. The van der Waals surface area contributed by atoms with Gasteiger partial charge in [-0.05, 0) is 31.6 Å². The van der Waals surface area contributed by atoms with Gasteiger partial charge in [0.25, 0.3) is 0 Å². The number of rotatable bonds is 5. The van der Waals surface area contributed by atoms with E-state index in [1.807, 2.05) is 0 Å². The maximum Gasteiger partial charge on any atom is 0.310 e. The van der Waals surface area contributed by atoms with Crippen LogP contribution in [0.2, 0.25) is 0 Å². The molecule has 4 unspecified atom stereocenters. The summed E-state index contributed by atoms with van der Waals surface area (Å²) in [4.78, 5) is 12.0. The molecule has 0 amide bonds. The van der Waals surface area contributed by atoms with Gasteiger partial charge in [0.05, 0.1) is 18.3 Å². The fraction of sp³-hybridized carbons (Fsp3) is 0.938. The van der Waals surface area contributed by atoms with Gasteiger partial charge in [0.15, 0.2) is 0 Å². The van der Waals surface area contributed by atoms with Crippen LogP contribution in [0.5, 0.6) is 0 Å². The quantitative estimate of drug-likeness (QED) is 0.708. The van der Waals surface area contributed by atoms with E-state index in [1.54, 1.807) is 0 Å². The molecule has 0 heterocycles. The van der Waals surface area contributed by atoms with Crippen molar-refractivity contribution in [3.05, 3.63) is 0 Å². The maximum atomic E-state index is 13.0. The van der Waals surface area contributed by atoms with Crippen molar-refractivity contribution in [2.75, 3.05) is 13.7 Å². The standard InChI is InChI=1S/C16H30N2O4S.ClH/c1-12-7-5-6-10-16(12,11-17)18-23(20,21)14-9-4-3-8-13(14)15(19)22-2;/h12-14,18H,3-11,17H2,1-2H3;1H. The van der Waals surface area contributed by atoms with E-state index in [2.05, 4.69) is 11.6 Å². The predicted molar refractivity (Wildman–Crippen MR) is 96.5 cm³/mol. The molecule has 0 aromatic carbocycles. The number of sulfonamides is 1. The third-order valence-corrected chi connectivity index (χ3v) is 7.82. The normalized spacial score (nSPS) is 34.2. The van der Waals surface area contributed by atoms with E-state index in [1.165, 1.54) is 7.11 Å². The third-order valence-electron chi connectivity index (χ3n) is 5.77. The third kappa shape index (κ3) is 4.42. The van der Waals surface area contributed by atoms with Crippen LogP contribution >= 0.6 is 12.4 Å². The highest BCUT2D eigenvalue weighted by Crippen LogP contribution is 2.36. The molecule has 0 bridgehead atoms. The van der Waals surface area contributed by atoms with Gasteiger partial charge in [-0.15, -0.1) is 12.4 Å². The average Bonchev–Trinajstić information content (AvgIpc) is 2.56. The molecule has 4 atom stereocenters.